The zero-order valence-corrected chi connectivity index (χ0v) is 15.1. The average molecular weight is 349 g/mol. The van der Waals surface area contributed by atoms with E-state index in [-0.39, 0.29) is 17.4 Å². The Morgan fingerprint density at radius 1 is 1.27 bits per heavy atom. The Bertz CT molecular complexity index is 909. The lowest BCUT2D eigenvalue weighted by molar-refractivity contribution is 0.0899. The van der Waals surface area contributed by atoms with Gasteiger partial charge in [0.05, 0.1) is 12.6 Å². The Hall–Kier alpha value is -2.82. The van der Waals surface area contributed by atoms with Gasteiger partial charge in [-0.25, -0.2) is 0 Å². The topological polar surface area (TPSA) is 60.1 Å². The van der Waals surface area contributed by atoms with Gasteiger partial charge in [-0.2, -0.15) is 5.10 Å². The molecule has 0 bridgehead atoms. The third-order valence-electron chi connectivity index (χ3n) is 5.19. The molecule has 5 nitrogen and oxygen atoms in total. The van der Waals surface area contributed by atoms with Crippen LogP contribution < -0.4 is 5.32 Å². The second-order valence-electron chi connectivity index (χ2n) is 7.51. The molecule has 1 aliphatic carbocycles. The molecule has 1 amide bonds. The summed E-state index contributed by atoms with van der Waals surface area (Å²) in [5.41, 5.74) is 2.66. The van der Waals surface area contributed by atoms with Crippen molar-refractivity contribution in [2.75, 3.05) is 0 Å². The van der Waals surface area contributed by atoms with E-state index in [1.54, 1.807) is 16.9 Å². The van der Waals surface area contributed by atoms with E-state index in [1.165, 1.54) is 11.1 Å². The lowest BCUT2D eigenvalue weighted by Gasteiger charge is -2.37. The van der Waals surface area contributed by atoms with Crippen LogP contribution in [-0.4, -0.2) is 15.7 Å². The Balaban J connectivity index is 1.49. The molecule has 0 radical (unpaired) electrons. The summed E-state index contributed by atoms with van der Waals surface area (Å²) in [6.45, 7) is 5.04. The van der Waals surface area contributed by atoms with Crippen LogP contribution in [0.3, 0.4) is 0 Å². The largest absolute Gasteiger partial charge is 0.454 e. The molecular formula is C21H23N3O2. The van der Waals surface area contributed by atoms with Gasteiger partial charge in [-0.15, -0.1) is 0 Å². The van der Waals surface area contributed by atoms with Crippen molar-refractivity contribution in [2.45, 2.75) is 44.7 Å². The number of rotatable bonds is 4. The molecule has 26 heavy (non-hydrogen) atoms. The quantitative estimate of drug-likeness (QED) is 0.772. The Morgan fingerprint density at radius 3 is 2.92 bits per heavy atom. The van der Waals surface area contributed by atoms with Gasteiger partial charge in [0, 0.05) is 12.4 Å². The molecule has 0 aliphatic heterocycles. The molecular weight excluding hydrogens is 326 g/mol. The van der Waals surface area contributed by atoms with Crippen LogP contribution >= 0.6 is 0 Å². The summed E-state index contributed by atoms with van der Waals surface area (Å²) < 4.78 is 7.48. The predicted octanol–water partition coefficient (Wildman–Crippen LogP) is 4.07. The number of carbonyl (C=O) groups is 1. The van der Waals surface area contributed by atoms with E-state index in [0.29, 0.717) is 18.1 Å². The van der Waals surface area contributed by atoms with Crippen LogP contribution in [0.25, 0.3) is 0 Å². The van der Waals surface area contributed by atoms with Crippen LogP contribution in [0, 0.1) is 0 Å². The molecule has 1 N–H and O–H groups in total. The molecule has 1 aliphatic rings. The molecule has 4 rings (SSSR count). The SMILES string of the molecule is CC1(C)CCC(NC(=O)c2ccc(Cn3cccn3)o2)c2ccccc21. The third-order valence-corrected chi connectivity index (χ3v) is 5.19. The first-order chi connectivity index (χ1) is 12.5. The maximum Gasteiger partial charge on any atom is 0.287 e. The molecule has 0 fully saturated rings. The number of hydrogen-bond acceptors (Lipinski definition) is 3. The number of benzene rings is 1. The first-order valence-corrected chi connectivity index (χ1v) is 8.99. The zero-order chi connectivity index (χ0) is 18.1. The maximum absolute atomic E-state index is 12.7. The van der Waals surface area contributed by atoms with E-state index in [4.69, 9.17) is 4.42 Å². The normalized spacial score (nSPS) is 18.3. The summed E-state index contributed by atoms with van der Waals surface area (Å²) in [6.07, 6.45) is 5.55. The van der Waals surface area contributed by atoms with Crippen LogP contribution in [0.2, 0.25) is 0 Å². The minimum atomic E-state index is -0.170. The van der Waals surface area contributed by atoms with E-state index in [0.717, 1.165) is 12.8 Å². The molecule has 3 aromatic rings. The number of carbonyl (C=O) groups excluding carboxylic acids is 1. The summed E-state index contributed by atoms with van der Waals surface area (Å²) in [4.78, 5) is 12.7. The summed E-state index contributed by atoms with van der Waals surface area (Å²) in [5, 5.41) is 7.30. The van der Waals surface area contributed by atoms with Gasteiger partial charge < -0.3 is 9.73 Å². The van der Waals surface area contributed by atoms with Gasteiger partial charge in [-0.05, 0) is 47.6 Å². The van der Waals surface area contributed by atoms with Crippen LogP contribution in [0.5, 0.6) is 0 Å². The third kappa shape index (κ3) is 3.17. The van der Waals surface area contributed by atoms with E-state index in [1.807, 2.05) is 24.4 Å². The Morgan fingerprint density at radius 2 is 2.12 bits per heavy atom. The zero-order valence-electron chi connectivity index (χ0n) is 15.1. The number of furan rings is 1. The molecule has 134 valence electrons. The highest BCUT2D eigenvalue weighted by atomic mass is 16.4. The van der Waals surface area contributed by atoms with Crippen LogP contribution in [-0.2, 0) is 12.0 Å². The average Bonchev–Trinajstić information content (AvgIpc) is 3.30. The van der Waals surface area contributed by atoms with Gasteiger partial charge in [0.2, 0.25) is 0 Å². The van der Waals surface area contributed by atoms with E-state index in [9.17, 15) is 4.79 Å². The first-order valence-electron chi connectivity index (χ1n) is 8.99. The summed E-state index contributed by atoms with van der Waals surface area (Å²) in [6, 6.07) is 13.8. The van der Waals surface area contributed by atoms with Gasteiger partial charge in [-0.1, -0.05) is 38.1 Å². The Kier molecular flexibility index (Phi) is 4.15. The molecule has 1 atom stereocenters. The number of nitrogens with zero attached hydrogens (tertiary/aromatic N) is 2. The van der Waals surface area contributed by atoms with Crippen LogP contribution in [0.4, 0.5) is 0 Å². The lowest BCUT2D eigenvalue weighted by Crippen LogP contribution is -2.35. The second kappa shape index (κ2) is 6.48. The molecule has 0 saturated carbocycles. The summed E-state index contributed by atoms with van der Waals surface area (Å²) in [7, 11) is 0. The lowest BCUT2D eigenvalue weighted by atomic mass is 9.71. The smallest absolute Gasteiger partial charge is 0.287 e. The highest BCUT2D eigenvalue weighted by molar-refractivity contribution is 5.91. The monoisotopic (exact) mass is 349 g/mol. The standard InChI is InChI=1S/C21H23N3O2/c1-21(2)11-10-18(16-6-3-4-7-17(16)21)23-20(25)19-9-8-15(26-19)14-24-13-5-12-22-24/h3-9,12-13,18H,10-11,14H2,1-2H3,(H,23,25). The van der Waals surface area contributed by atoms with Gasteiger partial charge >= 0.3 is 0 Å². The van der Waals surface area contributed by atoms with Gasteiger partial charge in [-0.3, -0.25) is 9.48 Å². The predicted molar refractivity (Wildman–Crippen MR) is 98.9 cm³/mol. The fourth-order valence-electron chi connectivity index (χ4n) is 3.73. The molecule has 5 heteroatoms. The summed E-state index contributed by atoms with van der Waals surface area (Å²) in [5.74, 6) is 0.884. The molecule has 0 spiro atoms. The van der Waals surface area contributed by atoms with Gasteiger partial charge in [0.1, 0.15) is 5.76 Å². The van der Waals surface area contributed by atoms with Crippen LogP contribution in [0.1, 0.15) is 60.2 Å². The second-order valence-corrected chi connectivity index (χ2v) is 7.51. The molecule has 0 saturated heterocycles. The van der Waals surface area contributed by atoms with E-state index in [2.05, 4.69) is 42.5 Å². The van der Waals surface area contributed by atoms with Crippen molar-refractivity contribution in [3.8, 4) is 0 Å². The van der Waals surface area contributed by atoms with Crippen molar-refractivity contribution in [1.29, 1.82) is 0 Å². The minimum Gasteiger partial charge on any atom is -0.454 e. The van der Waals surface area contributed by atoms with Crippen molar-refractivity contribution in [3.05, 3.63) is 77.5 Å². The number of nitrogens with one attached hydrogen (secondary N) is 1. The fourth-order valence-corrected chi connectivity index (χ4v) is 3.73. The van der Waals surface area contributed by atoms with Crippen molar-refractivity contribution in [1.82, 2.24) is 15.1 Å². The Labute approximate surface area is 153 Å². The van der Waals surface area contributed by atoms with Gasteiger partial charge in [0.25, 0.3) is 5.91 Å². The van der Waals surface area contributed by atoms with Crippen molar-refractivity contribution in [3.63, 3.8) is 0 Å². The van der Waals surface area contributed by atoms with E-state index < -0.39 is 0 Å². The number of fused-ring (bicyclic) bond motifs is 1. The fraction of sp³-hybridized carbons (Fsp3) is 0.333. The van der Waals surface area contributed by atoms with E-state index >= 15 is 0 Å². The molecule has 2 heterocycles. The van der Waals surface area contributed by atoms with Crippen molar-refractivity contribution in [2.24, 2.45) is 0 Å². The molecule has 2 aromatic heterocycles. The minimum absolute atomic E-state index is 0.0198. The molecule has 1 unspecified atom stereocenters. The number of aromatic nitrogens is 2. The summed E-state index contributed by atoms with van der Waals surface area (Å²) >= 11 is 0. The first kappa shape index (κ1) is 16.6. The van der Waals surface area contributed by atoms with Gasteiger partial charge in [0.15, 0.2) is 5.76 Å². The molecule has 1 aromatic carbocycles. The van der Waals surface area contributed by atoms with Crippen molar-refractivity contribution >= 4 is 5.91 Å². The number of amides is 1. The highest BCUT2D eigenvalue weighted by Crippen LogP contribution is 2.41. The highest BCUT2D eigenvalue weighted by Gasteiger charge is 2.33. The van der Waals surface area contributed by atoms with Crippen molar-refractivity contribution < 1.29 is 9.21 Å². The number of hydrogen-bond donors (Lipinski definition) is 1. The van der Waals surface area contributed by atoms with Crippen LogP contribution in [0.15, 0.2) is 59.3 Å². The maximum atomic E-state index is 12.7.